The molecule has 2 heterocycles. The van der Waals surface area contributed by atoms with Crippen LogP contribution in [0.1, 0.15) is 29.5 Å². The van der Waals surface area contributed by atoms with Crippen molar-refractivity contribution in [3.8, 4) is 11.5 Å². The van der Waals surface area contributed by atoms with E-state index in [2.05, 4.69) is 5.32 Å². The van der Waals surface area contributed by atoms with E-state index in [1.807, 2.05) is 43.3 Å². The number of benzene rings is 2. The number of hydrogen-bond acceptors (Lipinski definition) is 6. The Kier molecular flexibility index (Phi) is 7.85. The molecule has 36 heavy (non-hydrogen) atoms. The molecule has 0 aromatic heterocycles. The van der Waals surface area contributed by atoms with Crippen molar-refractivity contribution >= 4 is 27.5 Å². The van der Waals surface area contributed by atoms with E-state index in [0.29, 0.717) is 37.4 Å². The number of rotatable bonds is 9. The van der Waals surface area contributed by atoms with Gasteiger partial charge in [0.25, 0.3) is 0 Å². The zero-order valence-electron chi connectivity index (χ0n) is 21.0. The summed E-state index contributed by atoms with van der Waals surface area (Å²) in [5.41, 5.74) is 3.76. The molecule has 194 valence electrons. The van der Waals surface area contributed by atoms with E-state index in [9.17, 15) is 18.0 Å². The molecule has 0 saturated carbocycles. The SMILES string of the molecule is COc1cc2c(cc1OC)CN(S(=O)(=O)CCCNC(=O)C1CC(=O)N(c3ccccc3C)C1)CC2. The van der Waals surface area contributed by atoms with Gasteiger partial charge in [0, 0.05) is 38.3 Å². The second-order valence-corrected chi connectivity index (χ2v) is 11.3. The number of para-hydroxylation sites is 1. The molecule has 1 atom stereocenters. The lowest BCUT2D eigenvalue weighted by molar-refractivity contribution is -0.126. The van der Waals surface area contributed by atoms with Gasteiger partial charge in [0.05, 0.1) is 25.9 Å². The van der Waals surface area contributed by atoms with Gasteiger partial charge in [-0.2, -0.15) is 4.31 Å². The van der Waals surface area contributed by atoms with Crippen LogP contribution in [0.2, 0.25) is 0 Å². The third-order valence-corrected chi connectivity index (χ3v) is 8.76. The summed E-state index contributed by atoms with van der Waals surface area (Å²) in [5.74, 6) is 0.407. The first-order valence-corrected chi connectivity index (χ1v) is 13.7. The fourth-order valence-electron chi connectivity index (χ4n) is 4.82. The zero-order chi connectivity index (χ0) is 25.9. The lowest BCUT2D eigenvalue weighted by atomic mass is 10.0. The average Bonchev–Trinajstić information content (AvgIpc) is 3.26. The van der Waals surface area contributed by atoms with Crippen molar-refractivity contribution in [1.29, 1.82) is 0 Å². The fourth-order valence-corrected chi connectivity index (χ4v) is 6.29. The predicted molar refractivity (Wildman–Crippen MR) is 137 cm³/mol. The molecule has 2 aliphatic rings. The van der Waals surface area contributed by atoms with Gasteiger partial charge in [0.1, 0.15) is 0 Å². The first-order valence-electron chi connectivity index (χ1n) is 12.1. The molecular weight excluding hydrogens is 482 g/mol. The Bertz CT molecular complexity index is 1250. The van der Waals surface area contributed by atoms with Crippen molar-refractivity contribution in [2.75, 3.05) is 44.5 Å². The summed E-state index contributed by atoms with van der Waals surface area (Å²) < 4.78 is 38.1. The molecule has 1 fully saturated rings. The minimum Gasteiger partial charge on any atom is -0.493 e. The Balaban J connectivity index is 1.27. The number of carbonyl (C=O) groups excluding carboxylic acids is 2. The topological polar surface area (TPSA) is 105 Å². The highest BCUT2D eigenvalue weighted by atomic mass is 32.2. The summed E-state index contributed by atoms with van der Waals surface area (Å²) in [4.78, 5) is 26.8. The van der Waals surface area contributed by atoms with Gasteiger partial charge in [-0.1, -0.05) is 18.2 Å². The van der Waals surface area contributed by atoms with E-state index in [0.717, 1.165) is 22.4 Å². The minimum atomic E-state index is -3.49. The van der Waals surface area contributed by atoms with Crippen molar-refractivity contribution in [3.63, 3.8) is 0 Å². The summed E-state index contributed by atoms with van der Waals surface area (Å²) in [6.07, 6.45) is 1.05. The number of ether oxygens (including phenoxy) is 2. The van der Waals surface area contributed by atoms with E-state index in [1.54, 1.807) is 19.1 Å². The molecule has 1 saturated heterocycles. The summed E-state index contributed by atoms with van der Waals surface area (Å²) in [6.45, 7) is 3.18. The standard InChI is InChI=1S/C26H33N3O6S/c1-18-7-4-5-8-22(18)29-17-21(15-25(29)30)26(31)27-10-6-12-36(32,33)28-11-9-19-13-23(34-2)24(35-3)14-20(19)16-28/h4-5,7-8,13-14,21H,6,9-12,15-17H2,1-3H3,(H,27,31). The average molecular weight is 516 g/mol. The predicted octanol–water partition coefficient (Wildman–Crippen LogP) is 2.26. The number of nitrogens with one attached hydrogen (secondary N) is 1. The number of amides is 2. The van der Waals surface area contributed by atoms with Crippen molar-refractivity contribution in [2.45, 2.75) is 32.7 Å². The molecule has 1 unspecified atom stereocenters. The number of fused-ring (bicyclic) bond motifs is 1. The van der Waals surface area contributed by atoms with Gasteiger partial charge in [0.2, 0.25) is 21.8 Å². The zero-order valence-corrected chi connectivity index (χ0v) is 21.8. The monoisotopic (exact) mass is 515 g/mol. The number of hydrogen-bond donors (Lipinski definition) is 1. The minimum absolute atomic E-state index is 0.0607. The van der Waals surface area contributed by atoms with Crippen LogP contribution in [-0.4, -0.2) is 64.1 Å². The molecule has 2 aromatic rings. The molecule has 9 nitrogen and oxygen atoms in total. The molecule has 2 aromatic carbocycles. The van der Waals surface area contributed by atoms with Crippen LogP contribution in [0.4, 0.5) is 5.69 Å². The van der Waals surface area contributed by atoms with Crippen LogP contribution in [0.3, 0.4) is 0 Å². The lowest BCUT2D eigenvalue weighted by Gasteiger charge is -2.29. The van der Waals surface area contributed by atoms with Crippen LogP contribution in [0.15, 0.2) is 36.4 Å². The maximum atomic E-state index is 13.0. The quantitative estimate of drug-likeness (QED) is 0.514. The Morgan fingerprint density at radius 3 is 2.50 bits per heavy atom. The third-order valence-electron chi connectivity index (χ3n) is 6.86. The van der Waals surface area contributed by atoms with Gasteiger partial charge in [-0.15, -0.1) is 0 Å². The maximum Gasteiger partial charge on any atom is 0.227 e. The number of anilines is 1. The summed E-state index contributed by atoms with van der Waals surface area (Å²) in [6, 6.07) is 11.3. The van der Waals surface area contributed by atoms with Crippen LogP contribution in [0.5, 0.6) is 11.5 Å². The molecule has 0 aliphatic carbocycles. The van der Waals surface area contributed by atoms with Crippen molar-refractivity contribution in [3.05, 3.63) is 53.1 Å². The van der Waals surface area contributed by atoms with Crippen LogP contribution in [0.25, 0.3) is 0 Å². The van der Waals surface area contributed by atoms with Crippen LogP contribution in [0, 0.1) is 12.8 Å². The van der Waals surface area contributed by atoms with Crippen molar-refractivity contribution < 1.29 is 27.5 Å². The summed E-state index contributed by atoms with van der Waals surface area (Å²) >= 11 is 0. The Hall–Kier alpha value is -3.11. The highest BCUT2D eigenvalue weighted by Gasteiger charge is 2.35. The van der Waals surface area contributed by atoms with Crippen molar-refractivity contribution in [2.24, 2.45) is 5.92 Å². The van der Waals surface area contributed by atoms with Gasteiger partial charge >= 0.3 is 0 Å². The molecule has 0 bridgehead atoms. The van der Waals surface area contributed by atoms with Gasteiger partial charge in [0.15, 0.2) is 11.5 Å². The summed E-state index contributed by atoms with van der Waals surface area (Å²) in [5, 5.41) is 2.82. The van der Waals surface area contributed by atoms with E-state index in [-0.39, 0.29) is 37.1 Å². The molecule has 2 aliphatic heterocycles. The number of nitrogens with zero attached hydrogens (tertiary/aromatic N) is 2. The molecule has 0 spiro atoms. The number of methoxy groups -OCH3 is 2. The number of aryl methyl sites for hydroxylation is 1. The normalized spacial score (nSPS) is 18.1. The second kappa shape index (κ2) is 10.9. The highest BCUT2D eigenvalue weighted by molar-refractivity contribution is 7.89. The molecule has 2 amide bonds. The van der Waals surface area contributed by atoms with Crippen LogP contribution in [-0.2, 0) is 32.6 Å². The van der Waals surface area contributed by atoms with Crippen LogP contribution < -0.4 is 19.7 Å². The first kappa shape index (κ1) is 26.0. The fraction of sp³-hybridized carbons (Fsp3) is 0.462. The lowest BCUT2D eigenvalue weighted by Crippen LogP contribution is -2.39. The van der Waals surface area contributed by atoms with Crippen molar-refractivity contribution in [1.82, 2.24) is 9.62 Å². The molecule has 10 heteroatoms. The molecule has 0 radical (unpaired) electrons. The Morgan fingerprint density at radius 1 is 1.11 bits per heavy atom. The largest absolute Gasteiger partial charge is 0.493 e. The van der Waals surface area contributed by atoms with Gasteiger partial charge in [-0.25, -0.2) is 8.42 Å². The second-order valence-electron chi connectivity index (χ2n) is 9.21. The van der Waals surface area contributed by atoms with Gasteiger partial charge in [-0.3, -0.25) is 9.59 Å². The highest BCUT2D eigenvalue weighted by Crippen LogP contribution is 2.34. The Labute approximate surface area is 212 Å². The van der Waals surface area contributed by atoms with E-state index < -0.39 is 15.9 Å². The van der Waals surface area contributed by atoms with Crippen LogP contribution >= 0.6 is 0 Å². The molecule has 1 N–H and O–H groups in total. The maximum absolute atomic E-state index is 13.0. The number of carbonyl (C=O) groups is 2. The van der Waals surface area contributed by atoms with E-state index >= 15 is 0 Å². The molecular formula is C26H33N3O6S. The van der Waals surface area contributed by atoms with E-state index in [4.69, 9.17) is 9.47 Å². The molecule has 4 rings (SSSR count). The Morgan fingerprint density at radius 2 is 1.81 bits per heavy atom. The number of sulfonamides is 1. The van der Waals surface area contributed by atoms with E-state index in [1.165, 1.54) is 4.31 Å². The van der Waals surface area contributed by atoms with Gasteiger partial charge < -0.3 is 19.7 Å². The van der Waals surface area contributed by atoms with Gasteiger partial charge in [-0.05, 0) is 54.7 Å². The smallest absolute Gasteiger partial charge is 0.227 e. The summed E-state index contributed by atoms with van der Waals surface area (Å²) in [7, 11) is -0.359. The first-order chi connectivity index (χ1) is 17.2. The third kappa shape index (κ3) is 5.49.